The Labute approximate surface area is 149 Å². The Bertz CT molecular complexity index is 794. The lowest BCUT2D eigenvalue weighted by molar-refractivity contribution is -0.111. The first-order valence-corrected chi connectivity index (χ1v) is 7.65. The van der Waals surface area contributed by atoms with Crippen LogP contribution in [0.4, 0.5) is 14.5 Å². The van der Waals surface area contributed by atoms with E-state index in [1.54, 1.807) is 25.1 Å². The minimum Gasteiger partial charge on any atom is -0.493 e. The summed E-state index contributed by atoms with van der Waals surface area (Å²) < 4.78 is 34.0. The fourth-order valence-corrected chi connectivity index (χ4v) is 2.24. The minimum atomic E-state index is -2.94. The van der Waals surface area contributed by atoms with Gasteiger partial charge in [-0.25, -0.2) is 0 Å². The van der Waals surface area contributed by atoms with E-state index in [0.717, 1.165) is 5.56 Å². The molecule has 2 aromatic rings. The Hall–Kier alpha value is -2.60. The van der Waals surface area contributed by atoms with Crippen molar-refractivity contribution in [1.29, 1.82) is 0 Å². The average Bonchev–Trinajstić information content (AvgIpc) is 2.57. The third-order valence-corrected chi connectivity index (χ3v) is 3.77. The molecule has 0 fully saturated rings. The summed E-state index contributed by atoms with van der Waals surface area (Å²) in [4.78, 5) is 12.0. The molecule has 0 bridgehead atoms. The second-order valence-electron chi connectivity index (χ2n) is 5.02. The number of methoxy groups -OCH3 is 1. The summed E-state index contributed by atoms with van der Waals surface area (Å²) in [6.45, 7) is -1.14. The molecule has 0 saturated heterocycles. The molecule has 4 nitrogen and oxygen atoms in total. The molecule has 2 rings (SSSR count). The number of anilines is 1. The van der Waals surface area contributed by atoms with Crippen molar-refractivity contribution in [3.8, 4) is 11.5 Å². The highest BCUT2D eigenvalue weighted by atomic mass is 35.5. The van der Waals surface area contributed by atoms with Crippen molar-refractivity contribution in [2.24, 2.45) is 0 Å². The van der Waals surface area contributed by atoms with Gasteiger partial charge in [-0.05, 0) is 48.4 Å². The molecule has 2 aromatic carbocycles. The number of halogens is 3. The number of ether oxygens (including phenoxy) is 2. The van der Waals surface area contributed by atoms with Gasteiger partial charge in [0.05, 0.1) is 7.11 Å². The van der Waals surface area contributed by atoms with Gasteiger partial charge in [-0.15, -0.1) is 0 Å². The van der Waals surface area contributed by atoms with Crippen molar-refractivity contribution in [3.05, 3.63) is 58.6 Å². The quantitative estimate of drug-likeness (QED) is 0.738. The Morgan fingerprint density at radius 2 is 2.00 bits per heavy atom. The molecule has 25 heavy (non-hydrogen) atoms. The minimum absolute atomic E-state index is 0.0753. The lowest BCUT2D eigenvalue weighted by atomic mass is 10.1. The number of hydrogen-bond donors (Lipinski definition) is 1. The van der Waals surface area contributed by atoms with Gasteiger partial charge >= 0.3 is 6.61 Å². The zero-order valence-electron chi connectivity index (χ0n) is 13.6. The van der Waals surface area contributed by atoms with E-state index in [-0.39, 0.29) is 17.4 Å². The number of carbonyl (C=O) groups is 1. The van der Waals surface area contributed by atoms with Crippen LogP contribution in [0.25, 0.3) is 6.08 Å². The molecule has 1 N–H and O–H groups in total. The number of carbonyl (C=O) groups excluding carboxylic acids is 1. The van der Waals surface area contributed by atoms with Crippen molar-refractivity contribution in [2.75, 3.05) is 12.4 Å². The number of nitrogens with one attached hydrogen (secondary N) is 1. The summed E-state index contributed by atoms with van der Waals surface area (Å²) in [5.74, 6) is -0.278. The van der Waals surface area contributed by atoms with Crippen LogP contribution in [-0.2, 0) is 4.79 Å². The third kappa shape index (κ3) is 5.19. The van der Waals surface area contributed by atoms with Gasteiger partial charge in [-0.3, -0.25) is 4.79 Å². The van der Waals surface area contributed by atoms with E-state index in [1.165, 1.54) is 37.5 Å². The first-order valence-electron chi connectivity index (χ1n) is 7.27. The Balaban J connectivity index is 2.10. The number of benzene rings is 2. The van der Waals surface area contributed by atoms with Crippen molar-refractivity contribution in [2.45, 2.75) is 13.5 Å². The Morgan fingerprint density at radius 1 is 1.24 bits per heavy atom. The van der Waals surface area contributed by atoms with E-state index in [2.05, 4.69) is 10.1 Å². The smallest absolute Gasteiger partial charge is 0.387 e. The molecule has 0 aliphatic rings. The summed E-state index contributed by atoms with van der Waals surface area (Å²) in [5.41, 5.74) is 1.97. The number of alkyl halides is 2. The first kappa shape index (κ1) is 18.7. The topological polar surface area (TPSA) is 47.6 Å². The lowest BCUT2D eigenvalue weighted by Crippen LogP contribution is -2.09. The molecule has 0 heterocycles. The fraction of sp³-hybridized carbons (Fsp3) is 0.167. The second-order valence-corrected chi connectivity index (χ2v) is 5.43. The van der Waals surface area contributed by atoms with Gasteiger partial charge in [0.1, 0.15) is 0 Å². The average molecular weight is 368 g/mol. The van der Waals surface area contributed by atoms with E-state index in [1.807, 2.05) is 0 Å². The van der Waals surface area contributed by atoms with E-state index in [9.17, 15) is 13.6 Å². The summed E-state index contributed by atoms with van der Waals surface area (Å²) in [6.07, 6.45) is 2.85. The van der Waals surface area contributed by atoms with Crippen molar-refractivity contribution < 1.29 is 23.0 Å². The summed E-state index contributed by atoms with van der Waals surface area (Å²) in [6, 6.07) is 9.59. The van der Waals surface area contributed by atoms with Crippen molar-refractivity contribution in [3.63, 3.8) is 0 Å². The molecular weight excluding hydrogens is 352 g/mol. The van der Waals surface area contributed by atoms with Gasteiger partial charge in [0.2, 0.25) is 5.91 Å². The van der Waals surface area contributed by atoms with E-state index in [0.29, 0.717) is 16.3 Å². The first-order chi connectivity index (χ1) is 11.9. The maximum atomic E-state index is 12.3. The molecule has 0 spiro atoms. The molecule has 0 aliphatic heterocycles. The monoisotopic (exact) mass is 367 g/mol. The molecule has 7 heteroatoms. The maximum Gasteiger partial charge on any atom is 0.387 e. The van der Waals surface area contributed by atoms with Crippen LogP contribution in [0.3, 0.4) is 0 Å². The molecule has 0 unspecified atom stereocenters. The van der Waals surface area contributed by atoms with Crippen LogP contribution in [0.15, 0.2) is 42.5 Å². The molecule has 0 aliphatic carbocycles. The highest BCUT2D eigenvalue weighted by Gasteiger charge is 2.10. The van der Waals surface area contributed by atoms with E-state index in [4.69, 9.17) is 16.3 Å². The predicted molar refractivity (Wildman–Crippen MR) is 93.5 cm³/mol. The van der Waals surface area contributed by atoms with Crippen LogP contribution in [0.1, 0.15) is 11.1 Å². The molecule has 1 amide bonds. The van der Waals surface area contributed by atoms with Crippen LogP contribution in [0.2, 0.25) is 5.02 Å². The zero-order valence-corrected chi connectivity index (χ0v) is 14.3. The normalized spacial score (nSPS) is 11.0. The SMILES string of the molecule is COc1cc(C=CC(=O)Nc2cccc(Cl)c2C)ccc1OC(F)F. The van der Waals surface area contributed by atoms with Crippen LogP contribution in [-0.4, -0.2) is 19.6 Å². The fourth-order valence-electron chi connectivity index (χ4n) is 2.07. The van der Waals surface area contributed by atoms with Crippen LogP contribution in [0, 0.1) is 6.92 Å². The number of amides is 1. The van der Waals surface area contributed by atoms with Crippen LogP contribution >= 0.6 is 11.6 Å². The largest absolute Gasteiger partial charge is 0.493 e. The van der Waals surface area contributed by atoms with Gasteiger partial charge in [0.25, 0.3) is 0 Å². The van der Waals surface area contributed by atoms with Gasteiger partial charge in [-0.1, -0.05) is 23.7 Å². The summed E-state index contributed by atoms with van der Waals surface area (Å²) in [7, 11) is 1.34. The highest BCUT2D eigenvalue weighted by molar-refractivity contribution is 6.31. The second kappa shape index (κ2) is 8.48. The van der Waals surface area contributed by atoms with Gasteiger partial charge < -0.3 is 14.8 Å². The molecule has 0 saturated carbocycles. The lowest BCUT2D eigenvalue weighted by Gasteiger charge is -2.10. The molecule has 132 valence electrons. The Kier molecular flexibility index (Phi) is 6.36. The molecular formula is C18H16ClF2NO3. The zero-order chi connectivity index (χ0) is 18.4. The Morgan fingerprint density at radius 3 is 2.68 bits per heavy atom. The van der Waals surface area contributed by atoms with Crippen LogP contribution < -0.4 is 14.8 Å². The maximum absolute atomic E-state index is 12.3. The molecule has 0 atom stereocenters. The van der Waals surface area contributed by atoms with E-state index < -0.39 is 6.61 Å². The summed E-state index contributed by atoms with van der Waals surface area (Å²) >= 11 is 6.01. The van der Waals surface area contributed by atoms with Gasteiger partial charge in [-0.2, -0.15) is 8.78 Å². The summed E-state index contributed by atoms with van der Waals surface area (Å²) in [5, 5.41) is 3.28. The number of hydrogen-bond acceptors (Lipinski definition) is 3. The highest BCUT2D eigenvalue weighted by Crippen LogP contribution is 2.30. The predicted octanol–water partition coefficient (Wildman–Crippen LogP) is 4.91. The third-order valence-electron chi connectivity index (χ3n) is 3.36. The van der Waals surface area contributed by atoms with Gasteiger partial charge in [0, 0.05) is 16.8 Å². The van der Waals surface area contributed by atoms with Crippen LogP contribution in [0.5, 0.6) is 11.5 Å². The standard InChI is InChI=1S/C18H16ClF2NO3/c1-11-13(19)4-3-5-14(11)22-17(23)9-7-12-6-8-15(25-18(20)21)16(10-12)24-2/h3-10,18H,1-2H3,(H,22,23). The van der Waals surface area contributed by atoms with Gasteiger partial charge in [0.15, 0.2) is 11.5 Å². The molecule has 0 aromatic heterocycles. The number of rotatable bonds is 6. The van der Waals surface area contributed by atoms with Crippen molar-refractivity contribution >= 4 is 29.3 Å². The van der Waals surface area contributed by atoms with E-state index >= 15 is 0 Å². The van der Waals surface area contributed by atoms with Crippen molar-refractivity contribution in [1.82, 2.24) is 0 Å². The molecule has 0 radical (unpaired) electrons.